The molecule has 1 aromatic rings. The van der Waals surface area contributed by atoms with Gasteiger partial charge in [0.05, 0.1) is 11.3 Å². The third kappa shape index (κ3) is 3.02. The number of hydrogen-bond acceptors (Lipinski definition) is 3. The van der Waals surface area contributed by atoms with E-state index in [4.69, 9.17) is 0 Å². The molecule has 1 aromatic heterocycles. The lowest BCUT2D eigenvalue weighted by molar-refractivity contribution is -0.116. The smallest absolute Gasteiger partial charge is 0.273 e. The van der Waals surface area contributed by atoms with Gasteiger partial charge in [0.1, 0.15) is 0 Å². The van der Waals surface area contributed by atoms with Crippen molar-refractivity contribution in [2.24, 2.45) is 11.0 Å². The summed E-state index contributed by atoms with van der Waals surface area (Å²) in [5.41, 5.74) is 9.83. The summed E-state index contributed by atoms with van der Waals surface area (Å²) in [6.45, 7) is 5.85. The number of hydrogen-bond donors (Lipinski definition) is 2. The van der Waals surface area contributed by atoms with Gasteiger partial charge in [-0.15, -0.1) is 0 Å². The van der Waals surface area contributed by atoms with E-state index in [0.717, 1.165) is 42.8 Å². The Balaban J connectivity index is 1.45. The molecule has 4 aliphatic rings. The second-order valence-electron chi connectivity index (χ2n) is 8.40. The average molecular weight is 352 g/mol. The fraction of sp³-hybridized carbons (Fsp3) is 0.619. The fourth-order valence-corrected chi connectivity index (χ4v) is 4.56. The van der Waals surface area contributed by atoms with Crippen molar-refractivity contribution in [1.29, 1.82) is 0 Å². The summed E-state index contributed by atoms with van der Waals surface area (Å²) in [5.74, 6) is 1.11. The molecule has 5 rings (SSSR count). The largest absolute Gasteiger partial charge is 0.359 e. The van der Waals surface area contributed by atoms with Crippen LogP contribution < -0.4 is 5.43 Å². The molecule has 2 aliphatic heterocycles. The number of aromatic amines is 1. The molecule has 0 aromatic carbocycles. The molecule has 26 heavy (non-hydrogen) atoms. The summed E-state index contributed by atoms with van der Waals surface area (Å²) < 4.78 is 0. The second kappa shape index (κ2) is 6.38. The number of likely N-dealkylation sites (tertiary alicyclic amines) is 1. The quantitative estimate of drug-likeness (QED) is 0.773. The van der Waals surface area contributed by atoms with Crippen LogP contribution in [0.5, 0.6) is 0 Å². The van der Waals surface area contributed by atoms with Gasteiger partial charge in [0, 0.05) is 23.9 Å². The predicted molar refractivity (Wildman–Crippen MR) is 103 cm³/mol. The maximum atomic E-state index is 12.3. The maximum absolute atomic E-state index is 12.3. The third-order valence-corrected chi connectivity index (χ3v) is 6.30. The molecular weight excluding hydrogens is 324 g/mol. The van der Waals surface area contributed by atoms with Gasteiger partial charge in [-0.05, 0) is 88.1 Å². The maximum Gasteiger partial charge on any atom is 0.273 e. The number of amides is 1. The summed E-state index contributed by atoms with van der Waals surface area (Å²) in [6, 6.07) is 0. The topological polar surface area (TPSA) is 60.5 Å². The van der Waals surface area contributed by atoms with Crippen LogP contribution in [0.1, 0.15) is 67.0 Å². The Morgan fingerprint density at radius 2 is 1.88 bits per heavy atom. The molecule has 0 atom stereocenters. The fourth-order valence-electron chi connectivity index (χ4n) is 4.56. The highest BCUT2D eigenvalue weighted by Crippen LogP contribution is 2.45. The lowest BCUT2D eigenvalue weighted by atomic mass is 9.98. The van der Waals surface area contributed by atoms with Gasteiger partial charge in [0.15, 0.2) is 0 Å². The number of aryl methyl sites for hydroxylation is 1. The first-order valence-electron chi connectivity index (χ1n) is 10.2. The van der Waals surface area contributed by atoms with Crippen LogP contribution in [-0.4, -0.2) is 41.1 Å². The number of carbonyl (C=O) groups excluding carboxylic acids is 1. The van der Waals surface area contributed by atoms with Crippen LogP contribution in [0.15, 0.2) is 10.7 Å². The normalized spacial score (nSPS) is 25.2. The molecule has 2 saturated carbocycles. The van der Waals surface area contributed by atoms with Crippen molar-refractivity contribution >= 4 is 17.7 Å². The molecule has 5 heteroatoms. The Morgan fingerprint density at radius 3 is 2.58 bits per heavy atom. The molecule has 2 N–H and O–H groups in total. The molecule has 3 fully saturated rings. The van der Waals surface area contributed by atoms with E-state index in [1.54, 1.807) is 0 Å². The van der Waals surface area contributed by atoms with Crippen molar-refractivity contribution in [1.82, 2.24) is 15.3 Å². The van der Waals surface area contributed by atoms with Gasteiger partial charge >= 0.3 is 0 Å². The van der Waals surface area contributed by atoms with Crippen molar-refractivity contribution in [2.75, 3.05) is 19.6 Å². The van der Waals surface area contributed by atoms with E-state index in [1.807, 2.05) is 0 Å². The summed E-state index contributed by atoms with van der Waals surface area (Å²) in [4.78, 5) is 18.5. The monoisotopic (exact) mass is 352 g/mol. The molecule has 5 nitrogen and oxygen atoms in total. The van der Waals surface area contributed by atoms with E-state index in [9.17, 15) is 4.79 Å². The minimum Gasteiger partial charge on any atom is -0.359 e. The van der Waals surface area contributed by atoms with Crippen molar-refractivity contribution in [3.05, 3.63) is 28.1 Å². The van der Waals surface area contributed by atoms with Gasteiger partial charge in [-0.25, -0.2) is 5.43 Å². The molecular formula is C21H28N4O. The van der Waals surface area contributed by atoms with E-state index in [2.05, 4.69) is 33.4 Å². The number of rotatable bonds is 6. The van der Waals surface area contributed by atoms with Crippen molar-refractivity contribution < 1.29 is 4.79 Å². The van der Waals surface area contributed by atoms with Crippen LogP contribution in [-0.2, 0) is 11.2 Å². The number of aromatic nitrogens is 1. The molecule has 0 radical (unpaired) electrons. The standard InChI is InChI=1S/C21H28N4O/c1-13-16(8-11-25-9-2-3-10-25)19(14-4-5-14)18(22-13)12-17-20(15-6-7-15)23-24-21(17)26/h12,14-15,22H,2-11H2,1H3,(H,24,26)/b17-12+. The number of carbonyl (C=O) groups is 1. The van der Waals surface area contributed by atoms with Crippen molar-refractivity contribution in [3.8, 4) is 0 Å². The summed E-state index contributed by atoms with van der Waals surface area (Å²) in [5, 5.41) is 4.29. The Labute approximate surface area is 154 Å². The van der Waals surface area contributed by atoms with Crippen LogP contribution in [0, 0.1) is 12.8 Å². The lowest BCUT2D eigenvalue weighted by Crippen LogP contribution is -2.22. The average Bonchev–Trinajstić information content (AvgIpc) is 3.54. The molecule has 0 spiro atoms. The van der Waals surface area contributed by atoms with Gasteiger partial charge in [-0.2, -0.15) is 5.10 Å². The third-order valence-electron chi connectivity index (χ3n) is 6.30. The Kier molecular flexibility index (Phi) is 4.00. The van der Waals surface area contributed by atoms with E-state index >= 15 is 0 Å². The number of hydrazone groups is 1. The van der Waals surface area contributed by atoms with Crippen LogP contribution in [0.3, 0.4) is 0 Å². The molecule has 3 heterocycles. The molecule has 2 aliphatic carbocycles. The molecule has 0 bridgehead atoms. The SMILES string of the molecule is Cc1[nH]c(/C=C2/C(=O)NN=C2C2CC2)c(C2CC2)c1CCN1CCCC1. The highest BCUT2D eigenvalue weighted by atomic mass is 16.2. The predicted octanol–water partition coefficient (Wildman–Crippen LogP) is 3.12. The zero-order valence-corrected chi connectivity index (χ0v) is 15.6. The van der Waals surface area contributed by atoms with E-state index < -0.39 is 0 Å². The number of nitrogens with one attached hydrogen (secondary N) is 2. The van der Waals surface area contributed by atoms with Crippen LogP contribution in [0.2, 0.25) is 0 Å². The van der Waals surface area contributed by atoms with E-state index in [0.29, 0.717) is 11.8 Å². The van der Waals surface area contributed by atoms with E-state index in [1.165, 1.54) is 55.6 Å². The van der Waals surface area contributed by atoms with Gasteiger partial charge in [0.2, 0.25) is 0 Å². The highest BCUT2D eigenvalue weighted by Gasteiger charge is 2.37. The van der Waals surface area contributed by atoms with Crippen molar-refractivity contribution in [3.63, 3.8) is 0 Å². The lowest BCUT2D eigenvalue weighted by Gasteiger charge is -2.15. The van der Waals surface area contributed by atoms with Gasteiger partial charge in [-0.3, -0.25) is 4.79 Å². The summed E-state index contributed by atoms with van der Waals surface area (Å²) >= 11 is 0. The number of nitrogens with zero attached hydrogens (tertiary/aromatic N) is 2. The molecule has 0 unspecified atom stereocenters. The van der Waals surface area contributed by atoms with Crippen LogP contribution in [0.25, 0.3) is 6.08 Å². The Bertz CT molecular complexity index is 789. The zero-order valence-electron chi connectivity index (χ0n) is 15.6. The molecule has 1 saturated heterocycles. The van der Waals surface area contributed by atoms with Crippen LogP contribution >= 0.6 is 0 Å². The minimum atomic E-state index is -0.0421. The van der Waals surface area contributed by atoms with Crippen molar-refractivity contribution in [2.45, 2.75) is 57.8 Å². The van der Waals surface area contributed by atoms with Crippen LogP contribution in [0.4, 0.5) is 0 Å². The van der Waals surface area contributed by atoms with E-state index in [-0.39, 0.29) is 5.91 Å². The first kappa shape index (κ1) is 16.3. The molecule has 138 valence electrons. The Hall–Kier alpha value is -1.88. The minimum absolute atomic E-state index is 0.0421. The summed E-state index contributed by atoms with van der Waals surface area (Å²) in [6.07, 6.45) is 10.8. The summed E-state index contributed by atoms with van der Waals surface area (Å²) in [7, 11) is 0. The first-order chi connectivity index (χ1) is 12.7. The van der Waals surface area contributed by atoms with Gasteiger partial charge in [0.25, 0.3) is 5.91 Å². The number of H-pyrrole nitrogens is 1. The second-order valence-corrected chi connectivity index (χ2v) is 8.40. The zero-order chi connectivity index (χ0) is 17.7. The Morgan fingerprint density at radius 1 is 1.15 bits per heavy atom. The highest BCUT2D eigenvalue weighted by molar-refractivity contribution is 6.28. The molecule has 1 amide bonds. The van der Waals surface area contributed by atoms with Gasteiger partial charge in [-0.1, -0.05) is 0 Å². The van der Waals surface area contributed by atoms with Gasteiger partial charge < -0.3 is 9.88 Å². The first-order valence-corrected chi connectivity index (χ1v) is 10.2.